The molecular weight excluding hydrogens is 362 g/mol. The van der Waals surface area contributed by atoms with E-state index in [0.717, 1.165) is 38.4 Å². The molecule has 0 bridgehead atoms. The van der Waals surface area contributed by atoms with Crippen LogP contribution in [0.3, 0.4) is 0 Å². The highest BCUT2D eigenvalue weighted by molar-refractivity contribution is 7.88. The van der Waals surface area contributed by atoms with Gasteiger partial charge in [0.1, 0.15) is 0 Å². The molecule has 1 saturated heterocycles. The second-order valence-electron chi connectivity index (χ2n) is 8.48. The number of hydrogen-bond acceptors (Lipinski definition) is 3. The number of hydrogen-bond donors (Lipinski definition) is 2. The fourth-order valence-electron chi connectivity index (χ4n) is 4.32. The molecular formula is C20H31N3O3S. The van der Waals surface area contributed by atoms with E-state index in [0.29, 0.717) is 6.54 Å². The Balaban J connectivity index is 1.72. The number of carbonyl (C=O) groups is 1. The Bertz CT molecular complexity index is 791. The lowest BCUT2D eigenvalue weighted by Gasteiger charge is -2.40. The Morgan fingerprint density at radius 1 is 1.22 bits per heavy atom. The molecule has 1 aliphatic heterocycles. The van der Waals surface area contributed by atoms with Gasteiger partial charge in [0, 0.05) is 19.1 Å². The van der Waals surface area contributed by atoms with Crippen molar-refractivity contribution in [3.63, 3.8) is 0 Å². The van der Waals surface area contributed by atoms with Gasteiger partial charge in [-0.05, 0) is 48.6 Å². The number of amides is 2. The Labute approximate surface area is 162 Å². The lowest BCUT2D eigenvalue weighted by molar-refractivity contribution is 0.147. The van der Waals surface area contributed by atoms with Crippen molar-refractivity contribution in [2.75, 3.05) is 19.3 Å². The first-order chi connectivity index (χ1) is 12.7. The summed E-state index contributed by atoms with van der Waals surface area (Å²) in [7, 11) is -3.26. The average Bonchev–Trinajstić information content (AvgIpc) is 2.62. The Morgan fingerprint density at radius 2 is 1.96 bits per heavy atom. The maximum atomic E-state index is 13.0. The van der Waals surface area contributed by atoms with Crippen LogP contribution in [0.25, 0.3) is 0 Å². The third-order valence-corrected chi connectivity index (χ3v) is 6.58. The van der Waals surface area contributed by atoms with Gasteiger partial charge in [-0.2, -0.15) is 0 Å². The van der Waals surface area contributed by atoms with Gasteiger partial charge in [0.2, 0.25) is 10.0 Å². The van der Waals surface area contributed by atoms with Crippen LogP contribution in [0.15, 0.2) is 24.3 Å². The van der Waals surface area contributed by atoms with E-state index < -0.39 is 10.0 Å². The van der Waals surface area contributed by atoms with Gasteiger partial charge in [-0.1, -0.05) is 38.1 Å². The smallest absolute Gasteiger partial charge is 0.318 e. The fraction of sp³-hybridized carbons (Fsp3) is 0.650. The van der Waals surface area contributed by atoms with E-state index in [1.165, 1.54) is 11.1 Å². The summed E-state index contributed by atoms with van der Waals surface area (Å²) in [6.45, 7) is 5.45. The van der Waals surface area contributed by atoms with Crippen LogP contribution in [0.4, 0.5) is 4.79 Å². The first-order valence-electron chi connectivity index (χ1n) is 9.78. The number of urea groups is 1. The molecule has 6 nitrogen and oxygen atoms in total. The van der Waals surface area contributed by atoms with Crippen LogP contribution >= 0.6 is 0 Å². The van der Waals surface area contributed by atoms with Gasteiger partial charge in [-0.15, -0.1) is 0 Å². The van der Waals surface area contributed by atoms with E-state index in [-0.39, 0.29) is 30.1 Å². The zero-order chi connectivity index (χ0) is 19.7. The van der Waals surface area contributed by atoms with Crippen LogP contribution in [0.1, 0.15) is 63.1 Å². The Hall–Kier alpha value is -1.60. The van der Waals surface area contributed by atoms with E-state index in [1.54, 1.807) is 0 Å². The minimum absolute atomic E-state index is 0.00664. The minimum Gasteiger partial charge on any atom is -0.331 e. The minimum atomic E-state index is -3.26. The van der Waals surface area contributed by atoms with Crippen LogP contribution in [0.2, 0.25) is 0 Å². The number of benzene rings is 1. The number of nitrogens with zero attached hydrogens (tertiary/aromatic N) is 1. The molecule has 0 spiro atoms. The lowest BCUT2D eigenvalue weighted by Crippen LogP contribution is -2.53. The van der Waals surface area contributed by atoms with E-state index >= 15 is 0 Å². The van der Waals surface area contributed by atoms with Gasteiger partial charge >= 0.3 is 6.03 Å². The molecule has 7 heteroatoms. The van der Waals surface area contributed by atoms with Crippen LogP contribution in [-0.4, -0.2) is 44.7 Å². The third-order valence-electron chi connectivity index (χ3n) is 5.89. The zero-order valence-corrected chi connectivity index (χ0v) is 17.3. The summed E-state index contributed by atoms with van der Waals surface area (Å²) < 4.78 is 25.4. The van der Waals surface area contributed by atoms with Gasteiger partial charge in [-0.25, -0.2) is 17.9 Å². The summed E-state index contributed by atoms with van der Waals surface area (Å²) in [5, 5.41) is 3.22. The number of nitrogens with one attached hydrogen (secondary N) is 2. The predicted molar refractivity (Wildman–Crippen MR) is 107 cm³/mol. The molecule has 1 fully saturated rings. The fourth-order valence-corrected chi connectivity index (χ4v) is 4.82. The third kappa shape index (κ3) is 4.82. The molecule has 1 aromatic rings. The van der Waals surface area contributed by atoms with Gasteiger partial charge < -0.3 is 10.2 Å². The normalized spacial score (nSPS) is 24.9. The second kappa shape index (κ2) is 7.80. The number of likely N-dealkylation sites (tertiary alicyclic amines) is 1. The van der Waals surface area contributed by atoms with Crippen molar-refractivity contribution in [1.82, 2.24) is 14.9 Å². The summed E-state index contributed by atoms with van der Waals surface area (Å²) in [6, 6.07) is 8.18. The van der Waals surface area contributed by atoms with E-state index in [2.05, 4.69) is 42.1 Å². The molecule has 1 aliphatic carbocycles. The molecule has 27 heavy (non-hydrogen) atoms. The number of carbonyl (C=O) groups excluding carboxylic acids is 1. The van der Waals surface area contributed by atoms with E-state index in [1.807, 2.05) is 11.0 Å². The van der Waals surface area contributed by atoms with Crippen molar-refractivity contribution in [3.05, 3.63) is 35.4 Å². The highest BCUT2D eigenvalue weighted by Gasteiger charge is 2.35. The van der Waals surface area contributed by atoms with Crippen molar-refractivity contribution < 1.29 is 13.2 Å². The Morgan fingerprint density at radius 3 is 2.70 bits per heavy atom. The topological polar surface area (TPSA) is 78.5 Å². The van der Waals surface area contributed by atoms with Crippen LogP contribution in [0.5, 0.6) is 0 Å². The molecule has 2 aliphatic rings. The molecule has 1 heterocycles. The molecule has 150 valence electrons. The first kappa shape index (κ1) is 20.1. The quantitative estimate of drug-likeness (QED) is 0.826. The zero-order valence-electron chi connectivity index (χ0n) is 16.5. The molecule has 0 saturated carbocycles. The van der Waals surface area contributed by atoms with Crippen LogP contribution < -0.4 is 10.0 Å². The molecule has 0 aromatic heterocycles. The van der Waals surface area contributed by atoms with Crippen LogP contribution in [-0.2, 0) is 15.4 Å². The van der Waals surface area contributed by atoms with Crippen molar-refractivity contribution in [2.24, 2.45) is 0 Å². The summed E-state index contributed by atoms with van der Waals surface area (Å²) in [4.78, 5) is 14.8. The molecule has 0 unspecified atom stereocenters. The highest BCUT2D eigenvalue weighted by Crippen LogP contribution is 2.41. The maximum Gasteiger partial charge on any atom is 0.318 e. The van der Waals surface area contributed by atoms with E-state index in [4.69, 9.17) is 0 Å². The van der Waals surface area contributed by atoms with Gasteiger partial charge in [0.15, 0.2) is 0 Å². The number of sulfonamides is 1. The van der Waals surface area contributed by atoms with Crippen molar-refractivity contribution in [2.45, 2.75) is 63.5 Å². The molecule has 0 radical (unpaired) electrons. The van der Waals surface area contributed by atoms with Gasteiger partial charge in [-0.3, -0.25) is 0 Å². The number of fused-ring (bicyclic) bond motifs is 1. The molecule has 2 amide bonds. The monoisotopic (exact) mass is 393 g/mol. The van der Waals surface area contributed by atoms with Crippen molar-refractivity contribution in [1.29, 1.82) is 0 Å². The van der Waals surface area contributed by atoms with E-state index in [9.17, 15) is 13.2 Å². The largest absolute Gasteiger partial charge is 0.331 e. The number of rotatable bonds is 4. The maximum absolute atomic E-state index is 13.0. The molecule has 1 aromatic carbocycles. The van der Waals surface area contributed by atoms with Crippen LogP contribution in [0, 0.1) is 0 Å². The SMILES string of the molecule is CC1(C)CC[C@H](NC(=O)N2CCCC[C@H]2CNS(C)(=O)=O)c2ccccc21. The van der Waals surface area contributed by atoms with Gasteiger partial charge in [0.25, 0.3) is 0 Å². The molecule has 2 atom stereocenters. The van der Waals surface area contributed by atoms with Crippen molar-refractivity contribution >= 4 is 16.1 Å². The average molecular weight is 394 g/mol. The van der Waals surface area contributed by atoms with Gasteiger partial charge in [0.05, 0.1) is 12.3 Å². The number of piperidine rings is 1. The second-order valence-corrected chi connectivity index (χ2v) is 10.3. The highest BCUT2D eigenvalue weighted by atomic mass is 32.2. The summed E-state index contributed by atoms with van der Waals surface area (Å²) in [5.74, 6) is 0. The summed E-state index contributed by atoms with van der Waals surface area (Å²) in [6.07, 6.45) is 5.88. The first-order valence-corrected chi connectivity index (χ1v) is 11.7. The summed E-state index contributed by atoms with van der Waals surface area (Å²) >= 11 is 0. The Kier molecular flexibility index (Phi) is 5.82. The predicted octanol–water partition coefficient (Wildman–Crippen LogP) is 2.91. The van der Waals surface area contributed by atoms with Crippen molar-refractivity contribution in [3.8, 4) is 0 Å². The standard InChI is InChI=1S/C20H31N3O3S/c1-20(2)12-11-18(16-9-4-5-10-17(16)20)22-19(24)23-13-7-6-8-15(23)14-21-27(3,25)26/h4-5,9-10,15,18,21H,6-8,11-14H2,1-3H3,(H,22,24)/t15-,18-/m0/s1. The lowest BCUT2D eigenvalue weighted by atomic mass is 9.71. The molecule has 3 rings (SSSR count). The molecule has 2 N–H and O–H groups in total. The summed E-state index contributed by atoms with van der Waals surface area (Å²) in [5.41, 5.74) is 2.62.